The zero-order valence-corrected chi connectivity index (χ0v) is 18.7. The number of aliphatic imine (C=N–C) groups is 1. The predicted molar refractivity (Wildman–Crippen MR) is 127 cm³/mol. The van der Waals surface area contributed by atoms with E-state index >= 15 is 0 Å². The molecule has 6 heteroatoms. The molecule has 1 amide bonds. The fourth-order valence-electron chi connectivity index (χ4n) is 3.86. The number of carbonyl (C=O) groups excluding carboxylic acids is 1. The lowest BCUT2D eigenvalue weighted by molar-refractivity contribution is -0.116. The molecule has 30 heavy (non-hydrogen) atoms. The molecule has 2 unspecified atom stereocenters. The van der Waals surface area contributed by atoms with E-state index in [1.807, 2.05) is 30.4 Å². The molecule has 0 saturated heterocycles. The minimum atomic E-state index is 0.0619. The van der Waals surface area contributed by atoms with E-state index in [2.05, 4.69) is 60.8 Å². The molecule has 0 saturated carbocycles. The third-order valence-electron chi connectivity index (χ3n) is 5.37. The van der Waals surface area contributed by atoms with Gasteiger partial charge in [0.25, 0.3) is 0 Å². The van der Waals surface area contributed by atoms with Gasteiger partial charge >= 0.3 is 0 Å². The number of nitrogens with one attached hydrogen (secondary N) is 3. The lowest BCUT2D eigenvalue weighted by atomic mass is 9.90. The van der Waals surface area contributed by atoms with Crippen LogP contribution in [0.4, 0.5) is 5.69 Å². The quantitative estimate of drug-likeness (QED) is 0.297. The Morgan fingerprint density at radius 2 is 1.97 bits per heavy atom. The standard InChI is InChI=1S/C24H37N5O/c1-6-13-29(14-7-2)22(18(4)5)17-27-24(25-8-3)26-16-19-15-23(30)28-21-12-10-9-11-20(19)21/h6-7,9-12,18-19,22H,1-2,8,13-17H2,3-5H3,(H,28,30)(H2,25,26,27). The maximum absolute atomic E-state index is 12.1. The summed E-state index contributed by atoms with van der Waals surface area (Å²) in [6.07, 6.45) is 4.33. The molecule has 0 radical (unpaired) electrons. The van der Waals surface area contributed by atoms with E-state index in [0.717, 1.165) is 31.3 Å². The van der Waals surface area contributed by atoms with Gasteiger partial charge in [-0.2, -0.15) is 0 Å². The van der Waals surface area contributed by atoms with Crippen molar-refractivity contribution in [2.45, 2.75) is 39.2 Å². The zero-order valence-electron chi connectivity index (χ0n) is 18.7. The van der Waals surface area contributed by atoms with Gasteiger partial charge in [-0.05, 0) is 24.5 Å². The van der Waals surface area contributed by atoms with Crippen molar-refractivity contribution in [3.05, 3.63) is 55.1 Å². The highest BCUT2D eigenvalue weighted by molar-refractivity contribution is 5.94. The summed E-state index contributed by atoms with van der Waals surface area (Å²) in [5.74, 6) is 1.42. The van der Waals surface area contributed by atoms with Crippen LogP contribution in [0.1, 0.15) is 38.7 Å². The number of rotatable bonds is 11. The number of anilines is 1. The van der Waals surface area contributed by atoms with Crippen molar-refractivity contribution < 1.29 is 4.79 Å². The Bertz CT molecular complexity index is 733. The molecule has 1 aromatic carbocycles. The van der Waals surface area contributed by atoms with Gasteiger partial charge in [0.15, 0.2) is 5.96 Å². The zero-order chi connectivity index (χ0) is 21.9. The van der Waals surface area contributed by atoms with Crippen LogP contribution in [0.5, 0.6) is 0 Å². The molecular weight excluding hydrogens is 374 g/mol. The molecule has 3 N–H and O–H groups in total. The molecule has 1 aliphatic rings. The molecule has 1 aliphatic heterocycles. The Morgan fingerprint density at radius 3 is 2.60 bits per heavy atom. The molecular formula is C24H37N5O. The van der Waals surface area contributed by atoms with Gasteiger partial charge in [0, 0.05) is 50.2 Å². The summed E-state index contributed by atoms with van der Waals surface area (Å²) in [5.41, 5.74) is 2.08. The van der Waals surface area contributed by atoms with Crippen molar-refractivity contribution in [1.82, 2.24) is 15.5 Å². The number of amides is 1. The number of carbonyl (C=O) groups is 1. The molecule has 0 aromatic heterocycles. The summed E-state index contributed by atoms with van der Waals surface area (Å²) >= 11 is 0. The van der Waals surface area contributed by atoms with E-state index < -0.39 is 0 Å². The minimum absolute atomic E-state index is 0.0619. The van der Waals surface area contributed by atoms with Gasteiger partial charge in [-0.3, -0.25) is 14.7 Å². The van der Waals surface area contributed by atoms with Crippen molar-refractivity contribution in [3.63, 3.8) is 0 Å². The number of nitrogens with zero attached hydrogens (tertiary/aromatic N) is 2. The van der Waals surface area contributed by atoms with Crippen molar-refractivity contribution in [3.8, 4) is 0 Å². The molecule has 0 aliphatic carbocycles. The topological polar surface area (TPSA) is 68.8 Å². The summed E-state index contributed by atoms with van der Waals surface area (Å²) < 4.78 is 0. The molecule has 2 rings (SSSR count). The Balaban J connectivity index is 2.09. The Hall–Kier alpha value is -2.60. The number of guanidine groups is 1. The highest BCUT2D eigenvalue weighted by Gasteiger charge is 2.25. The number of benzene rings is 1. The first kappa shape index (κ1) is 23.7. The van der Waals surface area contributed by atoms with E-state index in [1.165, 1.54) is 5.56 Å². The lowest BCUT2D eigenvalue weighted by Crippen LogP contribution is -2.44. The summed E-state index contributed by atoms with van der Waals surface area (Å²) in [6.45, 7) is 18.0. The lowest BCUT2D eigenvalue weighted by Gasteiger charge is -2.32. The van der Waals surface area contributed by atoms with E-state index in [-0.39, 0.29) is 17.9 Å². The Kier molecular flexibility index (Phi) is 9.61. The van der Waals surface area contributed by atoms with Crippen molar-refractivity contribution in [2.24, 2.45) is 10.9 Å². The minimum Gasteiger partial charge on any atom is -0.357 e. The smallest absolute Gasteiger partial charge is 0.225 e. The first-order valence-electron chi connectivity index (χ1n) is 10.9. The van der Waals surface area contributed by atoms with Crippen molar-refractivity contribution in [1.29, 1.82) is 0 Å². The largest absolute Gasteiger partial charge is 0.357 e. The summed E-state index contributed by atoms with van der Waals surface area (Å²) in [7, 11) is 0. The SMILES string of the molecule is C=CCN(CC=C)C(CN=C(NCC)NCC1CC(=O)Nc2ccccc21)C(C)C. The van der Waals surface area contributed by atoms with Gasteiger partial charge in [0.05, 0.1) is 6.54 Å². The highest BCUT2D eigenvalue weighted by Crippen LogP contribution is 2.31. The average molecular weight is 412 g/mol. The summed E-state index contributed by atoms with van der Waals surface area (Å²) in [4.78, 5) is 19.3. The van der Waals surface area contributed by atoms with Gasteiger partial charge in [-0.1, -0.05) is 44.2 Å². The van der Waals surface area contributed by atoms with Gasteiger partial charge in [-0.25, -0.2) is 0 Å². The molecule has 1 aromatic rings. The van der Waals surface area contributed by atoms with Crippen LogP contribution < -0.4 is 16.0 Å². The van der Waals surface area contributed by atoms with Crippen LogP contribution in [0.3, 0.4) is 0 Å². The van der Waals surface area contributed by atoms with Crippen LogP contribution in [0.25, 0.3) is 0 Å². The Labute approximate surface area is 181 Å². The number of hydrogen-bond donors (Lipinski definition) is 3. The van der Waals surface area contributed by atoms with E-state index in [4.69, 9.17) is 4.99 Å². The second-order valence-corrected chi connectivity index (χ2v) is 7.98. The second kappa shape index (κ2) is 12.2. The maximum atomic E-state index is 12.1. The van der Waals surface area contributed by atoms with Gasteiger partial charge < -0.3 is 16.0 Å². The molecule has 2 atom stereocenters. The fourth-order valence-corrected chi connectivity index (χ4v) is 3.86. The predicted octanol–water partition coefficient (Wildman–Crippen LogP) is 3.37. The van der Waals surface area contributed by atoms with Crippen LogP contribution in [0.2, 0.25) is 0 Å². The summed E-state index contributed by atoms with van der Waals surface area (Å²) in [5, 5.41) is 9.74. The Morgan fingerprint density at radius 1 is 1.27 bits per heavy atom. The first-order valence-corrected chi connectivity index (χ1v) is 10.9. The van der Waals surface area contributed by atoms with Crippen molar-refractivity contribution >= 4 is 17.6 Å². The first-order chi connectivity index (χ1) is 14.5. The van der Waals surface area contributed by atoms with Crippen molar-refractivity contribution in [2.75, 3.05) is 38.0 Å². The van der Waals surface area contributed by atoms with Crippen LogP contribution in [0.15, 0.2) is 54.6 Å². The maximum Gasteiger partial charge on any atom is 0.225 e. The van der Waals surface area contributed by atoms with Crippen LogP contribution in [0, 0.1) is 5.92 Å². The second-order valence-electron chi connectivity index (χ2n) is 7.98. The van der Waals surface area contributed by atoms with Gasteiger partial charge in [0.1, 0.15) is 0 Å². The summed E-state index contributed by atoms with van der Waals surface area (Å²) in [6, 6.07) is 8.30. The van der Waals surface area contributed by atoms with E-state index in [9.17, 15) is 4.79 Å². The van der Waals surface area contributed by atoms with Gasteiger partial charge in [0.2, 0.25) is 5.91 Å². The third-order valence-corrected chi connectivity index (χ3v) is 5.37. The molecule has 0 fully saturated rings. The van der Waals surface area contributed by atoms with Gasteiger partial charge in [-0.15, -0.1) is 13.2 Å². The molecule has 164 valence electrons. The van der Waals surface area contributed by atoms with Crippen LogP contribution in [-0.2, 0) is 4.79 Å². The molecule has 0 spiro atoms. The molecule has 6 nitrogen and oxygen atoms in total. The number of para-hydroxylation sites is 1. The monoisotopic (exact) mass is 411 g/mol. The third kappa shape index (κ3) is 6.73. The normalized spacial score (nSPS) is 17.3. The molecule has 0 bridgehead atoms. The number of hydrogen-bond acceptors (Lipinski definition) is 3. The number of fused-ring (bicyclic) bond motifs is 1. The molecule has 1 heterocycles. The van der Waals surface area contributed by atoms with Crippen LogP contribution >= 0.6 is 0 Å². The van der Waals surface area contributed by atoms with E-state index in [1.54, 1.807) is 0 Å². The fraction of sp³-hybridized carbons (Fsp3) is 0.500. The van der Waals surface area contributed by atoms with E-state index in [0.29, 0.717) is 25.4 Å². The average Bonchev–Trinajstić information content (AvgIpc) is 2.71. The van der Waals surface area contributed by atoms with Crippen LogP contribution in [-0.4, -0.2) is 55.5 Å². The highest BCUT2D eigenvalue weighted by atomic mass is 16.1.